The van der Waals surface area contributed by atoms with Gasteiger partial charge in [-0.05, 0) is 109 Å². The third-order valence-corrected chi connectivity index (χ3v) is 8.10. The molecule has 1 nitrogen and oxygen atoms in total. The van der Waals surface area contributed by atoms with Gasteiger partial charge in [0.1, 0.15) is 0 Å². The molecule has 0 saturated carbocycles. The van der Waals surface area contributed by atoms with Crippen LogP contribution in [0.25, 0.3) is 66.2 Å². The molecule has 0 unspecified atom stereocenters. The topological polar surface area (TPSA) is 12.9 Å². The molecule has 0 aliphatic carbocycles. The van der Waals surface area contributed by atoms with Crippen LogP contribution in [0.2, 0.25) is 0 Å². The molecule has 0 aliphatic rings. The first-order valence-corrected chi connectivity index (χ1v) is 14.1. The van der Waals surface area contributed by atoms with Crippen LogP contribution in [0.1, 0.15) is 0 Å². The summed E-state index contributed by atoms with van der Waals surface area (Å²) in [5.74, 6) is 0. The van der Waals surface area contributed by atoms with Gasteiger partial charge in [-0.3, -0.25) is 4.98 Å². The Morgan fingerprint density at radius 2 is 0.769 bits per heavy atom. The quantitative estimate of drug-likeness (QED) is 0.181. The molecule has 7 aromatic rings. The molecule has 0 atom stereocenters. The second-order valence-electron chi connectivity index (χ2n) is 9.85. The molecular weight excluding hydrogens is 585 g/mol. The van der Waals surface area contributed by atoms with Gasteiger partial charge in [-0.1, -0.05) is 103 Å². The van der Waals surface area contributed by atoms with Crippen molar-refractivity contribution in [2.75, 3.05) is 0 Å². The molecule has 0 bridgehead atoms. The number of hydrogen-bond donors (Lipinski definition) is 0. The van der Waals surface area contributed by atoms with Gasteiger partial charge in [0.25, 0.3) is 0 Å². The maximum absolute atomic E-state index is 4.62. The molecule has 1 heterocycles. The average Bonchev–Trinajstić information content (AvgIpc) is 3.01. The van der Waals surface area contributed by atoms with Crippen LogP contribution in [0.5, 0.6) is 0 Å². The van der Waals surface area contributed by atoms with E-state index in [0.717, 1.165) is 16.5 Å². The molecule has 7 rings (SSSR count). The third kappa shape index (κ3) is 4.84. The van der Waals surface area contributed by atoms with Crippen molar-refractivity contribution in [3.05, 3.63) is 149 Å². The summed E-state index contributed by atoms with van der Waals surface area (Å²) in [5.41, 5.74) is 10.7. The van der Waals surface area contributed by atoms with Crippen LogP contribution in [0, 0.1) is 3.57 Å². The Kier molecular flexibility index (Phi) is 6.18. The molecule has 0 spiro atoms. The summed E-state index contributed by atoms with van der Waals surface area (Å²) in [7, 11) is 0. The molecule has 2 heteroatoms. The van der Waals surface area contributed by atoms with Gasteiger partial charge in [0, 0.05) is 20.7 Å². The van der Waals surface area contributed by atoms with Gasteiger partial charge >= 0.3 is 0 Å². The first-order valence-electron chi connectivity index (χ1n) is 13.1. The Bertz CT molecular complexity index is 1940. The smallest absolute Gasteiger partial charge is 0.0702 e. The highest BCUT2D eigenvalue weighted by Crippen LogP contribution is 2.31. The van der Waals surface area contributed by atoms with E-state index in [4.69, 9.17) is 0 Å². The largest absolute Gasteiger partial charge is 0.256 e. The Morgan fingerprint density at radius 1 is 0.359 bits per heavy atom. The second-order valence-corrected chi connectivity index (χ2v) is 11.1. The van der Waals surface area contributed by atoms with Crippen LogP contribution in [0.3, 0.4) is 0 Å². The highest BCUT2D eigenvalue weighted by Gasteiger charge is 2.06. The van der Waals surface area contributed by atoms with Crippen LogP contribution in [0.4, 0.5) is 0 Å². The van der Waals surface area contributed by atoms with Crippen molar-refractivity contribution in [1.29, 1.82) is 0 Å². The van der Waals surface area contributed by atoms with Crippen LogP contribution < -0.4 is 0 Å². The van der Waals surface area contributed by atoms with Crippen molar-refractivity contribution in [3.63, 3.8) is 0 Å². The number of halogens is 1. The summed E-state index contributed by atoms with van der Waals surface area (Å²) >= 11 is 2.34. The predicted octanol–water partition coefficient (Wildman–Crippen LogP) is 10.7. The van der Waals surface area contributed by atoms with Gasteiger partial charge in [-0.15, -0.1) is 0 Å². The number of fused-ring (bicyclic) bond motifs is 2. The Hall–Kier alpha value is -4.28. The minimum atomic E-state index is 1.02. The maximum atomic E-state index is 4.62. The summed E-state index contributed by atoms with van der Waals surface area (Å²) in [6.07, 6.45) is 1.96. The lowest BCUT2D eigenvalue weighted by Crippen LogP contribution is -1.85. The van der Waals surface area contributed by atoms with Crippen molar-refractivity contribution in [3.8, 4) is 44.5 Å². The molecule has 6 aromatic carbocycles. The molecule has 0 amide bonds. The van der Waals surface area contributed by atoms with E-state index in [9.17, 15) is 0 Å². The Labute approximate surface area is 242 Å². The van der Waals surface area contributed by atoms with Crippen LogP contribution in [-0.4, -0.2) is 4.98 Å². The predicted molar refractivity (Wildman–Crippen MR) is 174 cm³/mol. The van der Waals surface area contributed by atoms with E-state index in [0.29, 0.717) is 0 Å². The van der Waals surface area contributed by atoms with Gasteiger partial charge in [0.15, 0.2) is 0 Å². The SMILES string of the molecule is Ic1ccc(-c2ccc(-c3ccc4cc(-c5ccc(-c6cnc7ccccc7c6)cc5)ccc4c3)cc2)cc1. The Morgan fingerprint density at radius 3 is 1.33 bits per heavy atom. The number of pyridine rings is 1. The summed E-state index contributed by atoms with van der Waals surface area (Å²) in [6.45, 7) is 0. The zero-order valence-electron chi connectivity index (χ0n) is 21.2. The second kappa shape index (κ2) is 10.1. The molecule has 1 aromatic heterocycles. The van der Waals surface area contributed by atoms with Gasteiger partial charge in [-0.25, -0.2) is 0 Å². The average molecular weight is 610 g/mol. The van der Waals surface area contributed by atoms with Crippen LogP contribution in [0.15, 0.2) is 146 Å². The first-order chi connectivity index (χ1) is 19.2. The molecule has 39 heavy (non-hydrogen) atoms. The lowest BCUT2D eigenvalue weighted by molar-refractivity contribution is 1.41. The molecule has 0 saturated heterocycles. The summed E-state index contributed by atoms with van der Waals surface area (Å²) in [4.78, 5) is 4.62. The van der Waals surface area contributed by atoms with Crippen molar-refractivity contribution in [2.45, 2.75) is 0 Å². The number of benzene rings is 6. The molecule has 0 radical (unpaired) electrons. The highest BCUT2D eigenvalue weighted by molar-refractivity contribution is 14.1. The lowest BCUT2D eigenvalue weighted by Gasteiger charge is -2.09. The zero-order valence-corrected chi connectivity index (χ0v) is 23.3. The van der Waals surface area contributed by atoms with Crippen molar-refractivity contribution in [1.82, 2.24) is 4.98 Å². The molecule has 0 N–H and O–H groups in total. The number of hydrogen-bond acceptors (Lipinski definition) is 1. The van der Waals surface area contributed by atoms with Gasteiger partial charge < -0.3 is 0 Å². The van der Waals surface area contributed by atoms with Gasteiger partial charge in [-0.2, -0.15) is 0 Å². The molecule has 184 valence electrons. The van der Waals surface area contributed by atoms with E-state index < -0.39 is 0 Å². The van der Waals surface area contributed by atoms with Gasteiger partial charge in [0.2, 0.25) is 0 Å². The first kappa shape index (κ1) is 23.8. The molecule has 0 aliphatic heterocycles. The Balaban J connectivity index is 1.13. The van der Waals surface area contributed by atoms with Crippen molar-refractivity contribution >= 4 is 44.3 Å². The van der Waals surface area contributed by atoms with E-state index in [2.05, 4.69) is 155 Å². The minimum Gasteiger partial charge on any atom is -0.256 e. The standard InChI is InChI=1S/C37H24IN/c38-36-19-17-26(18-20-36)25-5-7-27(8-6-25)30-13-15-33-22-31(14-16-32(33)21-30)28-9-11-29(12-10-28)35-23-34-3-1-2-4-37(34)39-24-35/h1-24H. The molecule has 0 fully saturated rings. The maximum Gasteiger partial charge on any atom is 0.0702 e. The number of aromatic nitrogens is 1. The van der Waals surface area contributed by atoms with Crippen molar-refractivity contribution in [2.24, 2.45) is 0 Å². The van der Waals surface area contributed by atoms with Crippen LogP contribution in [-0.2, 0) is 0 Å². The minimum absolute atomic E-state index is 1.02. The van der Waals surface area contributed by atoms with E-state index >= 15 is 0 Å². The van der Waals surface area contributed by atoms with E-state index in [-0.39, 0.29) is 0 Å². The fraction of sp³-hybridized carbons (Fsp3) is 0. The normalized spacial score (nSPS) is 11.2. The molecular formula is C37H24IN. The number of rotatable bonds is 4. The number of para-hydroxylation sites is 1. The fourth-order valence-corrected chi connectivity index (χ4v) is 5.55. The van der Waals surface area contributed by atoms with Crippen molar-refractivity contribution < 1.29 is 0 Å². The van der Waals surface area contributed by atoms with E-state index in [1.807, 2.05) is 18.3 Å². The fourth-order valence-electron chi connectivity index (χ4n) is 5.19. The number of nitrogens with zero attached hydrogens (tertiary/aromatic N) is 1. The third-order valence-electron chi connectivity index (χ3n) is 7.38. The summed E-state index contributed by atoms with van der Waals surface area (Å²) in [6, 6.07) is 50.2. The highest BCUT2D eigenvalue weighted by atomic mass is 127. The zero-order chi connectivity index (χ0) is 26.2. The van der Waals surface area contributed by atoms with Gasteiger partial charge in [0.05, 0.1) is 5.52 Å². The van der Waals surface area contributed by atoms with E-state index in [1.54, 1.807) is 0 Å². The monoisotopic (exact) mass is 609 g/mol. The van der Waals surface area contributed by atoms with E-state index in [1.165, 1.54) is 53.3 Å². The van der Waals surface area contributed by atoms with Crippen LogP contribution >= 0.6 is 22.6 Å². The summed E-state index contributed by atoms with van der Waals surface area (Å²) in [5, 5.41) is 3.65. The summed E-state index contributed by atoms with van der Waals surface area (Å²) < 4.78 is 1.25. The lowest BCUT2D eigenvalue weighted by atomic mass is 9.96.